The topological polar surface area (TPSA) is 185 Å². The van der Waals surface area contributed by atoms with Crippen LogP contribution in [0.15, 0.2) is 30.3 Å². The number of aromatic hydroxyl groups is 3. The van der Waals surface area contributed by atoms with Crippen molar-refractivity contribution < 1.29 is 59.1 Å². The summed E-state index contributed by atoms with van der Waals surface area (Å²) in [5.74, 6) is -1.72. The van der Waals surface area contributed by atoms with Gasteiger partial charge in [0.05, 0.1) is 26.4 Å². The Labute approximate surface area is 200 Å². The predicted octanol–water partition coefficient (Wildman–Crippen LogP) is 0.0443. The first kappa shape index (κ1) is 26.3. The summed E-state index contributed by atoms with van der Waals surface area (Å²) in [5, 5.41) is 59.6. The van der Waals surface area contributed by atoms with Crippen LogP contribution in [0.4, 0.5) is 0 Å². The molecule has 0 aromatic heterocycles. The Hall–Kier alpha value is -3.29. The van der Waals surface area contributed by atoms with E-state index in [1.807, 2.05) is 0 Å². The molecule has 3 rings (SSSR count). The number of rotatable bonds is 9. The maximum atomic E-state index is 12.5. The summed E-state index contributed by atoms with van der Waals surface area (Å²) in [7, 11) is 2.60. The molecule has 0 unspecified atom stereocenters. The lowest BCUT2D eigenvalue weighted by Crippen LogP contribution is -2.59. The van der Waals surface area contributed by atoms with Gasteiger partial charge in [-0.2, -0.15) is 0 Å². The maximum absolute atomic E-state index is 12.5. The van der Waals surface area contributed by atoms with Crippen LogP contribution in [0.5, 0.6) is 28.7 Å². The third kappa shape index (κ3) is 6.05. The van der Waals surface area contributed by atoms with Crippen LogP contribution >= 0.6 is 0 Å². The van der Waals surface area contributed by atoms with E-state index in [2.05, 4.69) is 0 Å². The van der Waals surface area contributed by atoms with Gasteiger partial charge in [-0.1, -0.05) is 6.07 Å². The minimum atomic E-state index is -1.64. The molecule has 0 spiro atoms. The molecule has 35 heavy (non-hydrogen) atoms. The molecule has 5 atom stereocenters. The zero-order chi connectivity index (χ0) is 25.7. The van der Waals surface area contributed by atoms with E-state index in [0.717, 1.165) is 0 Å². The van der Waals surface area contributed by atoms with Gasteiger partial charge in [0.2, 0.25) is 5.75 Å². The average Bonchev–Trinajstić information content (AvgIpc) is 2.85. The zero-order valence-corrected chi connectivity index (χ0v) is 19.0. The molecular weight excluding hydrogens is 468 g/mol. The second-order valence-electron chi connectivity index (χ2n) is 7.79. The fraction of sp³-hybridized carbons (Fsp3) is 0.435. The van der Waals surface area contributed by atoms with Crippen LogP contribution in [0.1, 0.15) is 15.9 Å². The molecule has 1 fully saturated rings. The van der Waals surface area contributed by atoms with Crippen LogP contribution < -0.4 is 9.47 Å². The van der Waals surface area contributed by atoms with Crippen molar-refractivity contribution in [2.75, 3.05) is 27.4 Å². The largest absolute Gasteiger partial charge is 0.504 e. The molecule has 1 heterocycles. The van der Waals surface area contributed by atoms with Gasteiger partial charge in [-0.25, -0.2) is 4.79 Å². The van der Waals surface area contributed by atoms with Crippen molar-refractivity contribution in [3.8, 4) is 28.7 Å². The summed E-state index contributed by atoms with van der Waals surface area (Å²) < 4.78 is 26.2. The molecule has 0 radical (unpaired) electrons. The molecule has 12 heteroatoms. The van der Waals surface area contributed by atoms with Crippen LogP contribution in [0, 0.1) is 0 Å². The molecule has 0 amide bonds. The highest BCUT2D eigenvalue weighted by molar-refractivity contribution is 5.91. The van der Waals surface area contributed by atoms with E-state index in [4.69, 9.17) is 23.7 Å². The lowest BCUT2D eigenvalue weighted by atomic mass is 9.99. The normalized spacial score (nSPS) is 24.1. The van der Waals surface area contributed by atoms with E-state index < -0.39 is 43.3 Å². The Morgan fingerprint density at radius 2 is 1.57 bits per heavy atom. The molecule has 192 valence electrons. The molecule has 1 aliphatic heterocycles. The number of ether oxygens (including phenoxy) is 5. The van der Waals surface area contributed by atoms with Gasteiger partial charge in [0.15, 0.2) is 29.3 Å². The number of hydrogen-bond acceptors (Lipinski definition) is 12. The van der Waals surface area contributed by atoms with Gasteiger partial charge in [-0.15, -0.1) is 0 Å². The Kier molecular flexibility index (Phi) is 8.59. The number of hydrogen-bond donors (Lipinski definition) is 6. The molecule has 1 aliphatic rings. The highest BCUT2D eigenvalue weighted by Gasteiger charge is 2.44. The number of carbonyl (C=O) groups is 1. The second kappa shape index (κ2) is 11.4. The van der Waals surface area contributed by atoms with E-state index in [1.54, 1.807) is 6.07 Å². The summed E-state index contributed by atoms with van der Waals surface area (Å²) >= 11 is 0. The Bertz CT molecular complexity index is 1000. The monoisotopic (exact) mass is 496 g/mol. The smallest absolute Gasteiger partial charge is 0.338 e. The third-order valence-electron chi connectivity index (χ3n) is 5.48. The number of phenols is 3. The molecule has 0 saturated carbocycles. The average molecular weight is 496 g/mol. The molecular formula is C23H28O12. The van der Waals surface area contributed by atoms with Crippen molar-refractivity contribution in [1.29, 1.82) is 0 Å². The summed E-state index contributed by atoms with van der Waals surface area (Å²) in [6, 6.07) is 6.73. The molecule has 1 saturated heterocycles. The van der Waals surface area contributed by atoms with Crippen molar-refractivity contribution >= 4 is 5.97 Å². The second-order valence-corrected chi connectivity index (χ2v) is 7.79. The fourth-order valence-electron chi connectivity index (χ4n) is 3.46. The van der Waals surface area contributed by atoms with Crippen LogP contribution in [-0.2, 0) is 20.6 Å². The van der Waals surface area contributed by atoms with E-state index >= 15 is 0 Å². The van der Waals surface area contributed by atoms with E-state index in [1.165, 1.54) is 38.5 Å². The summed E-state index contributed by atoms with van der Waals surface area (Å²) in [6.45, 7) is -0.477. The fourth-order valence-corrected chi connectivity index (χ4v) is 3.46. The van der Waals surface area contributed by atoms with Crippen molar-refractivity contribution in [3.05, 3.63) is 41.5 Å². The zero-order valence-electron chi connectivity index (χ0n) is 19.0. The standard InChI is InChI=1S/C23H28O12/c1-31-15-8-12(9-16(32-2)18(15)26)22(30)34-10-17-19(27)20(28)21(29)23(35-17)33-6-5-11-3-4-13(24)14(25)7-11/h3-4,7-9,17,19-21,23-29H,5-6,10H2,1-2H3/t17-,19-,20+,21-,23-/m1/s1. The first-order valence-electron chi connectivity index (χ1n) is 10.6. The van der Waals surface area contributed by atoms with Crippen LogP contribution in [0.3, 0.4) is 0 Å². The van der Waals surface area contributed by atoms with Crippen LogP contribution in [0.2, 0.25) is 0 Å². The number of esters is 1. The Morgan fingerprint density at radius 3 is 2.17 bits per heavy atom. The number of carbonyl (C=O) groups excluding carboxylic acids is 1. The van der Waals surface area contributed by atoms with Crippen molar-refractivity contribution in [2.45, 2.75) is 37.1 Å². The van der Waals surface area contributed by atoms with Crippen molar-refractivity contribution in [1.82, 2.24) is 0 Å². The first-order valence-corrected chi connectivity index (χ1v) is 10.6. The first-order chi connectivity index (χ1) is 16.7. The molecule has 6 N–H and O–H groups in total. The van der Waals surface area contributed by atoms with Crippen molar-refractivity contribution in [2.24, 2.45) is 0 Å². The summed E-state index contributed by atoms with van der Waals surface area (Å²) in [5.41, 5.74) is 0.628. The molecule has 0 aliphatic carbocycles. The molecule has 12 nitrogen and oxygen atoms in total. The van der Waals surface area contributed by atoms with Gasteiger partial charge in [0, 0.05) is 0 Å². The Morgan fingerprint density at radius 1 is 0.914 bits per heavy atom. The van der Waals surface area contributed by atoms with Gasteiger partial charge in [0.1, 0.15) is 31.0 Å². The number of methoxy groups -OCH3 is 2. The number of phenolic OH excluding ortho intramolecular Hbond substituents is 3. The maximum Gasteiger partial charge on any atom is 0.338 e. The third-order valence-corrected chi connectivity index (χ3v) is 5.48. The lowest BCUT2D eigenvalue weighted by Gasteiger charge is -2.40. The Balaban J connectivity index is 1.60. The van der Waals surface area contributed by atoms with Gasteiger partial charge in [-0.3, -0.25) is 0 Å². The van der Waals surface area contributed by atoms with Crippen LogP contribution in [0.25, 0.3) is 0 Å². The minimum Gasteiger partial charge on any atom is -0.504 e. The molecule has 2 aromatic carbocycles. The number of benzene rings is 2. The van der Waals surface area contributed by atoms with Crippen molar-refractivity contribution in [3.63, 3.8) is 0 Å². The lowest BCUT2D eigenvalue weighted by molar-refractivity contribution is -0.300. The van der Waals surface area contributed by atoms with E-state index in [0.29, 0.717) is 5.56 Å². The predicted molar refractivity (Wildman–Crippen MR) is 118 cm³/mol. The number of aliphatic hydroxyl groups excluding tert-OH is 3. The highest BCUT2D eigenvalue weighted by Crippen LogP contribution is 2.37. The van der Waals surface area contributed by atoms with Gasteiger partial charge >= 0.3 is 5.97 Å². The highest BCUT2D eigenvalue weighted by atomic mass is 16.7. The quantitative estimate of drug-likeness (QED) is 0.203. The summed E-state index contributed by atoms with van der Waals surface area (Å²) in [4.78, 5) is 12.5. The van der Waals surface area contributed by atoms with E-state index in [9.17, 15) is 35.4 Å². The van der Waals surface area contributed by atoms with Gasteiger partial charge in [0.25, 0.3) is 0 Å². The molecule has 2 aromatic rings. The van der Waals surface area contributed by atoms with Gasteiger partial charge in [-0.05, 0) is 36.2 Å². The molecule has 0 bridgehead atoms. The summed E-state index contributed by atoms with van der Waals surface area (Å²) in [6.07, 6.45) is -7.06. The van der Waals surface area contributed by atoms with E-state index in [-0.39, 0.29) is 47.3 Å². The minimum absolute atomic E-state index is 0.00710. The SMILES string of the molecule is COc1cc(C(=O)OC[C@H]2O[C@@H](OCCc3ccc(O)c(O)c3)[C@H](O)[C@@H](O)[C@@H]2O)cc(OC)c1O. The number of aliphatic hydroxyl groups is 3. The van der Waals surface area contributed by atoms with Gasteiger partial charge < -0.3 is 54.3 Å². The van der Waals surface area contributed by atoms with Crippen LogP contribution in [-0.4, -0.2) is 94.7 Å².